The summed E-state index contributed by atoms with van der Waals surface area (Å²) in [7, 11) is 1.80. The minimum atomic E-state index is 0. The molecule has 1 saturated heterocycles. The number of ether oxygens (including phenoxy) is 2. The van der Waals surface area contributed by atoms with E-state index in [-0.39, 0.29) is 24.0 Å². The number of hydrogen-bond donors (Lipinski definition) is 3. The van der Waals surface area contributed by atoms with Gasteiger partial charge in [0, 0.05) is 55.3 Å². The van der Waals surface area contributed by atoms with Crippen LogP contribution in [0.1, 0.15) is 28.7 Å². The molecule has 4 rings (SSSR count). The number of rotatable bonds is 8. The minimum absolute atomic E-state index is 0. The maximum absolute atomic E-state index is 6.17. The summed E-state index contributed by atoms with van der Waals surface area (Å²) in [6.07, 6.45) is 4.11. The van der Waals surface area contributed by atoms with E-state index in [0.717, 1.165) is 49.9 Å². The monoisotopic (exact) mass is 562 g/mol. The van der Waals surface area contributed by atoms with Crippen LogP contribution in [-0.4, -0.2) is 44.4 Å². The van der Waals surface area contributed by atoms with Gasteiger partial charge in [-0.2, -0.15) is 0 Å². The predicted molar refractivity (Wildman–Crippen MR) is 146 cm³/mol. The van der Waals surface area contributed by atoms with Crippen molar-refractivity contribution >= 4 is 40.8 Å². The predicted octanol–water partition coefficient (Wildman–Crippen LogP) is 4.73. The van der Waals surface area contributed by atoms with Gasteiger partial charge >= 0.3 is 0 Å². The van der Waals surface area contributed by atoms with Crippen LogP contribution in [0.4, 0.5) is 0 Å². The number of aliphatic imine (C=N–C) groups is 1. The Morgan fingerprint density at radius 2 is 2.06 bits per heavy atom. The van der Waals surface area contributed by atoms with Crippen LogP contribution < -0.4 is 15.4 Å². The highest BCUT2D eigenvalue weighted by molar-refractivity contribution is 14.0. The Bertz CT molecular complexity index is 1070. The lowest BCUT2D eigenvalue weighted by Crippen LogP contribution is -2.38. The van der Waals surface area contributed by atoms with Gasteiger partial charge in [-0.1, -0.05) is 24.3 Å². The van der Waals surface area contributed by atoms with Crippen molar-refractivity contribution in [1.29, 1.82) is 0 Å². The molecule has 0 aliphatic carbocycles. The molecule has 1 aromatic heterocycles. The first-order valence-electron chi connectivity index (χ1n) is 11.4. The van der Waals surface area contributed by atoms with Crippen LogP contribution in [0.2, 0.25) is 0 Å². The van der Waals surface area contributed by atoms with Gasteiger partial charge in [0.2, 0.25) is 0 Å². The van der Waals surface area contributed by atoms with Gasteiger partial charge in [0.1, 0.15) is 5.75 Å². The minimum Gasteiger partial charge on any atom is -0.493 e. The van der Waals surface area contributed by atoms with Gasteiger partial charge in [-0.15, -0.1) is 24.0 Å². The van der Waals surface area contributed by atoms with E-state index in [2.05, 4.69) is 77.1 Å². The quantitative estimate of drug-likeness (QED) is 0.211. The van der Waals surface area contributed by atoms with Crippen molar-refractivity contribution in [2.45, 2.75) is 33.2 Å². The summed E-state index contributed by atoms with van der Waals surface area (Å²) in [6.45, 7) is 8.06. The molecule has 2 heterocycles. The number of guanidine groups is 1. The Labute approximate surface area is 213 Å². The van der Waals surface area contributed by atoms with Crippen molar-refractivity contribution in [3.63, 3.8) is 0 Å². The van der Waals surface area contributed by atoms with Gasteiger partial charge in [-0.25, -0.2) is 0 Å². The van der Waals surface area contributed by atoms with Crippen molar-refractivity contribution in [2.75, 3.05) is 33.4 Å². The molecule has 1 fully saturated rings. The van der Waals surface area contributed by atoms with Crippen LogP contribution >= 0.6 is 24.0 Å². The largest absolute Gasteiger partial charge is 0.493 e. The molecule has 7 heteroatoms. The van der Waals surface area contributed by atoms with E-state index in [4.69, 9.17) is 9.47 Å². The van der Waals surface area contributed by atoms with Crippen molar-refractivity contribution in [3.8, 4) is 5.75 Å². The van der Waals surface area contributed by atoms with Gasteiger partial charge in [0.25, 0.3) is 0 Å². The number of benzene rings is 2. The molecule has 2 aromatic carbocycles. The molecule has 0 bridgehead atoms. The van der Waals surface area contributed by atoms with E-state index in [1.54, 1.807) is 7.05 Å². The standard InChI is InChI=1S/C26H34N4O2.HI/c1-18-7-8-21(24(13-18)32-17-20-10-12-31-16-20)14-30-26(27-3)28-11-9-22-15-29-23-6-4-5-19(2)25(22)23;/h4-8,13,15,20,29H,9-12,14,16-17H2,1-3H3,(H2,27,28,30);1H. The van der Waals surface area contributed by atoms with Crippen LogP contribution in [0.25, 0.3) is 10.9 Å². The highest BCUT2D eigenvalue weighted by Crippen LogP contribution is 2.23. The fraction of sp³-hybridized carbons (Fsp3) is 0.423. The lowest BCUT2D eigenvalue weighted by atomic mass is 10.1. The first kappa shape index (κ1) is 25.4. The van der Waals surface area contributed by atoms with E-state index < -0.39 is 0 Å². The number of aryl methyl sites for hydroxylation is 2. The fourth-order valence-corrected chi connectivity index (χ4v) is 4.23. The summed E-state index contributed by atoms with van der Waals surface area (Å²) in [5.74, 6) is 2.21. The Morgan fingerprint density at radius 1 is 1.18 bits per heavy atom. The maximum atomic E-state index is 6.17. The lowest BCUT2D eigenvalue weighted by molar-refractivity contribution is 0.166. The highest BCUT2D eigenvalue weighted by Gasteiger charge is 2.17. The van der Waals surface area contributed by atoms with Crippen molar-refractivity contribution in [1.82, 2.24) is 15.6 Å². The average Bonchev–Trinajstić information content (AvgIpc) is 3.46. The van der Waals surface area contributed by atoms with Crippen LogP contribution in [0.5, 0.6) is 5.75 Å². The number of aromatic amines is 1. The van der Waals surface area contributed by atoms with Gasteiger partial charge in [-0.05, 0) is 55.5 Å². The first-order valence-corrected chi connectivity index (χ1v) is 11.4. The molecular formula is C26H35IN4O2. The van der Waals surface area contributed by atoms with Crippen LogP contribution in [0.3, 0.4) is 0 Å². The molecule has 3 aromatic rings. The summed E-state index contributed by atoms with van der Waals surface area (Å²) in [6, 6.07) is 12.7. The Morgan fingerprint density at radius 3 is 2.85 bits per heavy atom. The average molecular weight is 562 g/mol. The van der Waals surface area contributed by atoms with E-state index in [9.17, 15) is 0 Å². The second-order valence-electron chi connectivity index (χ2n) is 8.57. The summed E-state index contributed by atoms with van der Waals surface area (Å²) in [5.41, 5.74) is 6.15. The fourth-order valence-electron chi connectivity index (χ4n) is 4.23. The van der Waals surface area contributed by atoms with Crippen LogP contribution in [0.15, 0.2) is 47.6 Å². The molecule has 0 amide bonds. The van der Waals surface area contributed by atoms with Gasteiger partial charge < -0.3 is 25.1 Å². The Balaban J connectivity index is 0.00000306. The molecule has 1 aliphatic rings. The van der Waals surface area contributed by atoms with Crippen LogP contribution in [0, 0.1) is 19.8 Å². The first-order chi connectivity index (χ1) is 15.6. The number of fused-ring (bicyclic) bond motifs is 1. The molecule has 0 saturated carbocycles. The SMILES string of the molecule is CN=C(NCCc1c[nH]c2cccc(C)c12)NCc1ccc(C)cc1OCC1CCOC1.I. The lowest BCUT2D eigenvalue weighted by Gasteiger charge is -2.17. The van der Waals surface area contributed by atoms with Gasteiger partial charge in [0.05, 0.1) is 13.2 Å². The van der Waals surface area contributed by atoms with Gasteiger partial charge in [-0.3, -0.25) is 4.99 Å². The third-order valence-corrected chi connectivity index (χ3v) is 6.07. The molecule has 0 spiro atoms. The molecule has 1 atom stereocenters. The number of aromatic nitrogens is 1. The van der Waals surface area contributed by atoms with Crippen molar-refractivity contribution in [2.24, 2.45) is 10.9 Å². The van der Waals surface area contributed by atoms with Crippen molar-refractivity contribution in [3.05, 3.63) is 64.8 Å². The number of hydrogen-bond acceptors (Lipinski definition) is 3. The Kier molecular flexibility index (Phi) is 9.43. The molecule has 3 N–H and O–H groups in total. The number of nitrogens with zero attached hydrogens (tertiary/aromatic N) is 1. The normalized spacial score (nSPS) is 16.0. The third kappa shape index (κ3) is 6.63. The summed E-state index contributed by atoms with van der Waals surface area (Å²) in [4.78, 5) is 7.76. The molecule has 6 nitrogen and oxygen atoms in total. The van der Waals surface area contributed by atoms with E-state index in [1.165, 1.54) is 27.6 Å². The number of halogens is 1. The molecule has 1 unspecified atom stereocenters. The van der Waals surface area contributed by atoms with Gasteiger partial charge in [0.15, 0.2) is 5.96 Å². The smallest absolute Gasteiger partial charge is 0.191 e. The Hall–Kier alpha value is -2.26. The molecule has 33 heavy (non-hydrogen) atoms. The van der Waals surface area contributed by atoms with E-state index in [1.807, 2.05) is 0 Å². The van der Waals surface area contributed by atoms with Crippen LogP contribution in [-0.2, 0) is 17.7 Å². The maximum Gasteiger partial charge on any atom is 0.191 e. The topological polar surface area (TPSA) is 70.7 Å². The highest BCUT2D eigenvalue weighted by atomic mass is 127. The molecule has 178 valence electrons. The summed E-state index contributed by atoms with van der Waals surface area (Å²) < 4.78 is 11.6. The second kappa shape index (κ2) is 12.3. The molecular weight excluding hydrogens is 527 g/mol. The second-order valence-corrected chi connectivity index (χ2v) is 8.57. The zero-order valence-corrected chi connectivity index (χ0v) is 22.1. The number of H-pyrrole nitrogens is 1. The molecule has 0 radical (unpaired) electrons. The summed E-state index contributed by atoms with van der Waals surface area (Å²) >= 11 is 0. The number of nitrogens with one attached hydrogen (secondary N) is 3. The molecule has 1 aliphatic heterocycles. The van der Waals surface area contributed by atoms with Crippen molar-refractivity contribution < 1.29 is 9.47 Å². The third-order valence-electron chi connectivity index (χ3n) is 6.07. The van der Waals surface area contributed by atoms with E-state index >= 15 is 0 Å². The zero-order valence-electron chi connectivity index (χ0n) is 19.7. The summed E-state index contributed by atoms with van der Waals surface area (Å²) in [5, 5.41) is 8.19. The zero-order chi connectivity index (χ0) is 22.3. The van der Waals surface area contributed by atoms with E-state index in [0.29, 0.717) is 19.1 Å².